The highest BCUT2D eigenvalue weighted by atomic mass is 127. The van der Waals surface area contributed by atoms with Crippen molar-refractivity contribution in [2.45, 2.75) is 70.4 Å². The molecule has 7 heteroatoms. The number of amides is 1. The van der Waals surface area contributed by atoms with Crippen LogP contribution < -0.4 is 10.6 Å². The molecule has 0 aromatic carbocycles. The minimum Gasteiger partial charge on any atom is -0.353 e. The first kappa shape index (κ1) is 22.1. The second-order valence-electron chi connectivity index (χ2n) is 8.95. The molecule has 0 bridgehead atoms. The van der Waals surface area contributed by atoms with E-state index >= 15 is 0 Å². The lowest BCUT2D eigenvalue weighted by atomic mass is 9.85. The molecule has 4 rings (SSSR count). The van der Waals surface area contributed by atoms with E-state index < -0.39 is 0 Å². The molecule has 0 aromatic rings. The van der Waals surface area contributed by atoms with Gasteiger partial charge in [-0.05, 0) is 38.0 Å². The fourth-order valence-corrected chi connectivity index (χ4v) is 4.84. The number of carbonyl (C=O) groups excluding carboxylic acids is 1. The minimum atomic E-state index is 0. The summed E-state index contributed by atoms with van der Waals surface area (Å²) in [5.41, 5.74) is 0. The van der Waals surface area contributed by atoms with Crippen molar-refractivity contribution in [2.75, 3.05) is 39.3 Å². The fraction of sp³-hybridized carbons (Fsp3) is 0.905. The summed E-state index contributed by atoms with van der Waals surface area (Å²) in [6, 6.07) is 1.10. The zero-order valence-electron chi connectivity index (χ0n) is 17.4. The van der Waals surface area contributed by atoms with Crippen molar-refractivity contribution >= 4 is 35.8 Å². The molecule has 4 aliphatic rings. The third-order valence-electron chi connectivity index (χ3n) is 6.70. The number of carbonyl (C=O) groups is 1. The molecule has 0 radical (unpaired) electrons. The summed E-state index contributed by atoms with van der Waals surface area (Å²) in [7, 11) is 0. The molecule has 2 N–H and O–H groups in total. The van der Waals surface area contributed by atoms with Gasteiger partial charge in [0, 0.05) is 44.8 Å². The van der Waals surface area contributed by atoms with Gasteiger partial charge >= 0.3 is 0 Å². The van der Waals surface area contributed by atoms with Crippen LogP contribution in [-0.2, 0) is 4.79 Å². The maximum absolute atomic E-state index is 12.0. The number of hydrogen-bond acceptors (Lipinski definition) is 3. The van der Waals surface area contributed by atoms with Gasteiger partial charge in [0.05, 0.1) is 6.54 Å². The van der Waals surface area contributed by atoms with Crippen molar-refractivity contribution in [3.8, 4) is 0 Å². The Morgan fingerprint density at radius 1 is 1.00 bits per heavy atom. The average Bonchev–Trinajstić information content (AvgIpc) is 3.60. The van der Waals surface area contributed by atoms with E-state index in [1.807, 2.05) is 0 Å². The second-order valence-corrected chi connectivity index (χ2v) is 8.95. The van der Waals surface area contributed by atoms with Crippen molar-refractivity contribution in [1.29, 1.82) is 0 Å². The molecule has 3 saturated carbocycles. The molecule has 1 saturated heterocycles. The molecule has 2 unspecified atom stereocenters. The van der Waals surface area contributed by atoms with E-state index in [0.29, 0.717) is 18.6 Å². The van der Waals surface area contributed by atoms with Crippen LogP contribution in [0.5, 0.6) is 0 Å². The Kier molecular flexibility index (Phi) is 8.26. The maximum atomic E-state index is 12.0. The predicted octanol–water partition coefficient (Wildman–Crippen LogP) is 2.43. The number of halogens is 1. The molecular weight excluding hydrogens is 465 g/mol. The van der Waals surface area contributed by atoms with E-state index in [1.165, 1.54) is 38.5 Å². The highest BCUT2D eigenvalue weighted by Gasteiger charge is 2.44. The van der Waals surface area contributed by atoms with Crippen LogP contribution in [0.1, 0.15) is 58.3 Å². The molecule has 28 heavy (non-hydrogen) atoms. The first-order valence-corrected chi connectivity index (χ1v) is 11.3. The highest BCUT2D eigenvalue weighted by molar-refractivity contribution is 14.0. The van der Waals surface area contributed by atoms with Gasteiger partial charge in [-0.25, -0.2) is 0 Å². The van der Waals surface area contributed by atoms with Crippen LogP contribution in [0, 0.1) is 11.8 Å². The van der Waals surface area contributed by atoms with Crippen LogP contribution in [0.2, 0.25) is 0 Å². The maximum Gasteiger partial charge on any atom is 0.234 e. The molecule has 4 fully saturated rings. The lowest BCUT2D eigenvalue weighted by Gasteiger charge is -2.36. The van der Waals surface area contributed by atoms with Gasteiger partial charge in [0.25, 0.3) is 0 Å². The summed E-state index contributed by atoms with van der Waals surface area (Å²) >= 11 is 0. The van der Waals surface area contributed by atoms with Gasteiger partial charge in [-0.3, -0.25) is 14.7 Å². The van der Waals surface area contributed by atoms with Crippen molar-refractivity contribution in [2.24, 2.45) is 16.8 Å². The predicted molar refractivity (Wildman–Crippen MR) is 124 cm³/mol. The summed E-state index contributed by atoms with van der Waals surface area (Å²) in [5.74, 6) is 3.11. The second kappa shape index (κ2) is 10.5. The Morgan fingerprint density at radius 2 is 1.71 bits per heavy atom. The normalized spacial score (nSPS) is 29.2. The van der Waals surface area contributed by atoms with Gasteiger partial charge in [0.2, 0.25) is 5.91 Å². The number of hydrogen-bond donors (Lipinski definition) is 2. The lowest BCUT2D eigenvalue weighted by molar-refractivity contribution is -0.122. The summed E-state index contributed by atoms with van der Waals surface area (Å²) < 4.78 is 0. The number of piperazine rings is 1. The fourth-order valence-electron chi connectivity index (χ4n) is 4.84. The number of guanidine groups is 1. The molecule has 3 aliphatic carbocycles. The van der Waals surface area contributed by atoms with E-state index in [0.717, 1.165) is 63.4 Å². The van der Waals surface area contributed by atoms with Crippen LogP contribution >= 0.6 is 24.0 Å². The highest BCUT2D eigenvalue weighted by Crippen LogP contribution is 2.44. The number of aliphatic imine (C=N–C) groups is 1. The first-order valence-electron chi connectivity index (χ1n) is 11.3. The van der Waals surface area contributed by atoms with Crippen LogP contribution in [0.3, 0.4) is 0 Å². The van der Waals surface area contributed by atoms with Crippen molar-refractivity contribution in [3.05, 3.63) is 0 Å². The summed E-state index contributed by atoms with van der Waals surface area (Å²) in [4.78, 5) is 21.5. The Hall–Kier alpha value is -0.570. The molecular formula is C21H38IN5O. The van der Waals surface area contributed by atoms with Gasteiger partial charge < -0.3 is 15.5 Å². The number of nitrogens with zero attached hydrogens (tertiary/aromatic N) is 3. The van der Waals surface area contributed by atoms with Crippen LogP contribution in [-0.4, -0.2) is 73.0 Å². The Balaban J connectivity index is 0.00000225. The molecule has 6 nitrogen and oxygen atoms in total. The van der Waals surface area contributed by atoms with Crippen LogP contribution in [0.4, 0.5) is 0 Å². The van der Waals surface area contributed by atoms with Crippen molar-refractivity contribution in [3.63, 3.8) is 0 Å². The first-order chi connectivity index (χ1) is 13.2. The van der Waals surface area contributed by atoms with Crippen LogP contribution in [0.25, 0.3) is 0 Å². The van der Waals surface area contributed by atoms with Gasteiger partial charge in [-0.15, -0.1) is 24.0 Å². The number of nitrogens with one attached hydrogen (secondary N) is 2. The van der Waals surface area contributed by atoms with Gasteiger partial charge in [-0.1, -0.05) is 32.1 Å². The molecule has 0 aromatic heterocycles. The van der Waals surface area contributed by atoms with E-state index in [4.69, 9.17) is 4.99 Å². The molecule has 1 aliphatic heterocycles. The largest absolute Gasteiger partial charge is 0.353 e. The Labute approximate surface area is 187 Å². The summed E-state index contributed by atoms with van der Waals surface area (Å²) in [6.07, 6.45) is 10.8. The van der Waals surface area contributed by atoms with Crippen LogP contribution in [0.15, 0.2) is 4.99 Å². The zero-order chi connectivity index (χ0) is 18.6. The molecule has 1 amide bonds. The van der Waals surface area contributed by atoms with Crippen molar-refractivity contribution < 1.29 is 4.79 Å². The lowest BCUT2D eigenvalue weighted by Crippen LogP contribution is -2.54. The Morgan fingerprint density at radius 3 is 2.36 bits per heavy atom. The SMILES string of the molecule is CCN=C(NC1CC1C1CCCCC1)N1CCN(CC(=O)NC2CC2)CC1.I. The topological polar surface area (TPSA) is 60.0 Å². The third-order valence-corrected chi connectivity index (χ3v) is 6.70. The zero-order valence-corrected chi connectivity index (χ0v) is 19.7. The van der Waals surface area contributed by atoms with Crippen molar-refractivity contribution in [1.82, 2.24) is 20.4 Å². The molecule has 160 valence electrons. The average molecular weight is 503 g/mol. The third kappa shape index (κ3) is 6.21. The van der Waals surface area contributed by atoms with E-state index in [1.54, 1.807) is 0 Å². The Bertz CT molecular complexity index is 539. The molecule has 2 atom stereocenters. The van der Waals surface area contributed by atoms with E-state index in [2.05, 4.69) is 27.4 Å². The van der Waals surface area contributed by atoms with E-state index in [9.17, 15) is 4.79 Å². The monoisotopic (exact) mass is 503 g/mol. The van der Waals surface area contributed by atoms with Gasteiger partial charge in [0.1, 0.15) is 0 Å². The quantitative estimate of drug-likeness (QED) is 0.332. The smallest absolute Gasteiger partial charge is 0.234 e. The number of rotatable bonds is 6. The summed E-state index contributed by atoms with van der Waals surface area (Å²) in [6.45, 7) is 7.30. The van der Waals surface area contributed by atoms with Gasteiger partial charge in [-0.2, -0.15) is 0 Å². The van der Waals surface area contributed by atoms with Gasteiger partial charge in [0.15, 0.2) is 5.96 Å². The van der Waals surface area contributed by atoms with E-state index in [-0.39, 0.29) is 29.9 Å². The summed E-state index contributed by atoms with van der Waals surface area (Å²) in [5, 5.41) is 6.87. The standard InChI is InChI=1S/C21H37N5O.HI/c1-2-22-21(24-19-14-18(19)16-6-4-3-5-7-16)26-12-10-25(11-13-26)15-20(27)23-17-8-9-17;/h16-19H,2-15H2,1H3,(H,22,24)(H,23,27);1H. The minimum absolute atomic E-state index is 0. The molecule has 0 spiro atoms. The molecule has 1 heterocycles.